The standard InChI is InChI=1S/C8H16O.C7H15NO.C4H10.2C2H6/c2*1-9-7-6-8-4-2-3-5-8;1-3-4-2;2*1-2/h8H,2-7H2,1H3;2-7H2,1H3;3-4H2,1-2H3;2*1-2H3. The molecule has 0 bridgehead atoms. The van der Waals surface area contributed by atoms with Crippen molar-refractivity contribution in [3.63, 3.8) is 0 Å². The SMILES string of the molecule is CC.CC.CCCC.COCCC1CCCC1.COCCN1CCCC1. The number of unbranched alkanes of at least 4 members (excludes halogenated alkanes) is 1. The van der Waals surface area contributed by atoms with Crippen molar-refractivity contribution >= 4 is 0 Å². The lowest BCUT2D eigenvalue weighted by Crippen LogP contribution is -2.23. The quantitative estimate of drug-likeness (QED) is 0.488. The van der Waals surface area contributed by atoms with Gasteiger partial charge in [0.15, 0.2) is 0 Å². The van der Waals surface area contributed by atoms with Crippen molar-refractivity contribution < 1.29 is 9.47 Å². The summed E-state index contributed by atoms with van der Waals surface area (Å²) in [6.45, 7) is 17.9. The molecule has 1 saturated heterocycles. The van der Waals surface area contributed by atoms with Crippen LogP contribution in [0, 0.1) is 5.92 Å². The van der Waals surface area contributed by atoms with Gasteiger partial charge in [-0.15, -0.1) is 0 Å². The van der Waals surface area contributed by atoms with Gasteiger partial charge in [0.25, 0.3) is 0 Å². The fourth-order valence-corrected chi connectivity index (χ4v) is 2.81. The normalized spacial score (nSPS) is 16.2. The first-order chi connectivity index (χ1) is 12.8. The van der Waals surface area contributed by atoms with E-state index in [2.05, 4.69) is 18.7 Å². The average Bonchev–Trinajstić information content (AvgIpc) is 3.42. The van der Waals surface area contributed by atoms with Crippen molar-refractivity contribution in [1.82, 2.24) is 4.90 Å². The number of nitrogens with zero attached hydrogens (tertiary/aromatic N) is 1. The van der Waals surface area contributed by atoms with Gasteiger partial charge in [-0.05, 0) is 38.3 Å². The highest BCUT2D eigenvalue weighted by atomic mass is 16.5. The fourth-order valence-electron chi connectivity index (χ4n) is 2.81. The summed E-state index contributed by atoms with van der Waals surface area (Å²) in [5.41, 5.74) is 0. The second kappa shape index (κ2) is 29.6. The Hall–Kier alpha value is -0.120. The first-order valence-electron chi connectivity index (χ1n) is 11.5. The number of ether oxygens (including phenoxy) is 2. The molecular weight excluding hydrogens is 322 g/mol. The van der Waals surface area contributed by atoms with Crippen molar-refractivity contribution in [1.29, 1.82) is 0 Å². The number of hydrogen-bond acceptors (Lipinski definition) is 3. The molecule has 2 fully saturated rings. The molecule has 3 nitrogen and oxygen atoms in total. The second-order valence-corrected chi connectivity index (χ2v) is 6.47. The molecule has 0 amide bonds. The minimum atomic E-state index is 0.889. The lowest BCUT2D eigenvalue weighted by molar-refractivity contribution is 0.161. The number of hydrogen-bond donors (Lipinski definition) is 0. The molecular formula is C23H53NO2. The Morgan fingerprint density at radius 3 is 1.58 bits per heavy atom. The molecule has 3 heteroatoms. The summed E-state index contributed by atoms with van der Waals surface area (Å²) in [7, 11) is 3.55. The zero-order valence-corrected chi connectivity index (χ0v) is 19.7. The Morgan fingerprint density at radius 2 is 1.19 bits per heavy atom. The zero-order chi connectivity index (χ0) is 20.5. The molecule has 0 radical (unpaired) electrons. The Labute approximate surface area is 167 Å². The summed E-state index contributed by atoms with van der Waals surface area (Å²) >= 11 is 0. The molecule has 0 aromatic rings. The van der Waals surface area contributed by atoms with E-state index in [1.165, 1.54) is 70.9 Å². The number of likely N-dealkylation sites (tertiary alicyclic amines) is 1. The van der Waals surface area contributed by atoms with Crippen LogP contribution in [0.4, 0.5) is 0 Å². The van der Waals surface area contributed by atoms with E-state index in [-0.39, 0.29) is 0 Å². The van der Waals surface area contributed by atoms with Crippen LogP contribution >= 0.6 is 0 Å². The highest BCUT2D eigenvalue weighted by Gasteiger charge is 2.13. The third-order valence-corrected chi connectivity index (χ3v) is 4.52. The molecule has 26 heavy (non-hydrogen) atoms. The van der Waals surface area contributed by atoms with Crippen LogP contribution in [-0.4, -0.2) is 52.0 Å². The van der Waals surface area contributed by atoms with Crippen LogP contribution in [0.1, 0.15) is 99.3 Å². The number of rotatable bonds is 7. The summed E-state index contributed by atoms with van der Waals surface area (Å²) < 4.78 is 9.97. The van der Waals surface area contributed by atoms with Crippen molar-refractivity contribution in [2.45, 2.75) is 99.3 Å². The van der Waals surface area contributed by atoms with Gasteiger partial charge in [-0.3, -0.25) is 0 Å². The van der Waals surface area contributed by atoms with Gasteiger partial charge in [-0.25, -0.2) is 0 Å². The largest absolute Gasteiger partial charge is 0.385 e. The van der Waals surface area contributed by atoms with Crippen LogP contribution in [0.15, 0.2) is 0 Å². The van der Waals surface area contributed by atoms with Crippen LogP contribution in [0.3, 0.4) is 0 Å². The van der Waals surface area contributed by atoms with Gasteiger partial charge in [0.05, 0.1) is 6.61 Å². The van der Waals surface area contributed by atoms with Crippen LogP contribution in [0.25, 0.3) is 0 Å². The molecule has 0 spiro atoms. The molecule has 0 aromatic carbocycles. The van der Waals surface area contributed by atoms with Gasteiger partial charge >= 0.3 is 0 Å². The maximum Gasteiger partial charge on any atom is 0.0589 e. The van der Waals surface area contributed by atoms with Crippen LogP contribution < -0.4 is 0 Å². The molecule has 1 aliphatic carbocycles. The summed E-state index contributed by atoms with van der Waals surface area (Å²) in [6.07, 6.45) is 12.5. The third kappa shape index (κ3) is 23.9. The molecule has 1 heterocycles. The first-order valence-corrected chi connectivity index (χ1v) is 11.5. The Bertz CT molecular complexity index is 178. The lowest BCUT2D eigenvalue weighted by Gasteiger charge is -2.12. The van der Waals surface area contributed by atoms with E-state index in [4.69, 9.17) is 9.47 Å². The Kier molecular flexibility index (Phi) is 34.9. The summed E-state index contributed by atoms with van der Waals surface area (Å²) in [6, 6.07) is 0. The molecule has 0 aromatic heterocycles. The van der Waals surface area contributed by atoms with Gasteiger partial charge < -0.3 is 14.4 Å². The maximum atomic E-state index is 5.00. The minimum absolute atomic E-state index is 0.889. The molecule has 2 rings (SSSR count). The van der Waals surface area contributed by atoms with E-state index in [0.717, 1.165) is 25.7 Å². The molecule has 0 atom stereocenters. The van der Waals surface area contributed by atoms with Gasteiger partial charge in [0, 0.05) is 27.4 Å². The minimum Gasteiger partial charge on any atom is -0.385 e. The van der Waals surface area contributed by atoms with Crippen LogP contribution in [0.5, 0.6) is 0 Å². The van der Waals surface area contributed by atoms with E-state index < -0.39 is 0 Å². The smallest absolute Gasteiger partial charge is 0.0589 e. The molecule has 1 aliphatic heterocycles. The van der Waals surface area contributed by atoms with Gasteiger partial charge in [-0.1, -0.05) is 80.1 Å². The van der Waals surface area contributed by atoms with E-state index in [1.807, 2.05) is 27.7 Å². The van der Waals surface area contributed by atoms with Crippen molar-refractivity contribution in [3.05, 3.63) is 0 Å². The highest BCUT2D eigenvalue weighted by molar-refractivity contribution is 4.66. The summed E-state index contributed by atoms with van der Waals surface area (Å²) in [5, 5.41) is 0. The molecule has 0 N–H and O–H groups in total. The van der Waals surface area contributed by atoms with E-state index in [1.54, 1.807) is 14.2 Å². The predicted octanol–water partition coefficient (Wildman–Crippen LogP) is 6.80. The zero-order valence-electron chi connectivity index (χ0n) is 19.7. The van der Waals surface area contributed by atoms with E-state index >= 15 is 0 Å². The van der Waals surface area contributed by atoms with Gasteiger partial charge in [-0.2, -0.15) is 0 Å². The lowest BCUT2D eigenvalue weighted by atomic mass is 10.1. The highest BCUT2D eigenvalue weighted by Crippen LogP contribution is 2.27. The maximum absolute atomic E-state index is 5.00. The molecule has 2 aliphatic rings. The van der Waals surface area contributed by atoms with Crippen molar-refractivity contribution in [3.8, 4) is 0 Å². The van der Waals surface area contributed by atoms with Crippen LogP contribution in [-0.2, 0) is 9.47 Å². The average molecular weight is 376 g/mol. The van der Waals surface area contributed by atoms with Crippen LogP contribution in [0.2, 0.25) is 0 Å². The summed E-state index contributed by atoms with van der Waals surface area (Å²) in [5.74, 6) is 0.991. The summed E-state index contributed by atoms with van der Waals surface area (Å²) in [4.78, 5) is 2.45. The Balaban J connectivity index is -0.000000294. The number of methoxy groups -OCH3 is 2. The topological polar surface area (TPSA) is 21.7 Å². The fraction of sp³-hybridized carbons (Fsp3) is 1.00. The molecule has 162 valence electrons. The molecule has 0 unspecified atom stereocenters. The first kappa shape index (κ1) is 30.6. The second-order valence-electron chi connectivity index (χ2n) is 6.47. The van der Waals surface area contributed by atoms with Gasteiger partial charge in [0.1, 0.15) is 0 Å². The van der Waals surface area contributed by atoms with E-state index in [0.29, 0.717) is 0 Å². The van der Waals surface area contributed by atoms with Gasteiger partial charge in [0.2, 0.25) is 0 Å². The van der Waals surface area contributed by atoms with E-state index in [9.17, 15) is 0 Å². The predicted molar refractivity (Wildman–Crippen MR) is 119 cm³/mol. The monoisotopic (exact) mass is 375 g/mol. The van der Waals surface area contributed by atoms with Crippen molar-refractivity contribution in [2.24, 2.45) is 5.92 Å². The third-order valence-electron chi connectivity index (χ3n) is 4.52. The Morgan fingerprint density at radius 1 is 0.731 bits per heavy atom. The molecule has 1 saturated carbocycles. The van der Waals surface area contributed by atoms with Crippen molar-refractivity contribution in [2.75, 3.05) is 47.1 Å².